The highest BCUT2D eigenvalue weighted by Gasteiger charge is 2.16. The van der Waals surface area contributed by atoms with Crippen molar-refractivity contribution in [3.05, 3.63) is 12.2 Å². The van der Waals surface area contributed by atoms with Crippen LogP contribution in [-0.4, -0.2) is 53.1 Å². The fourth-order valence-electron chi connectivity index (χ4n) is 1.53. The first-order chi connectivity index (χ1) is 6.75. The molecule has 2 heterocycles. The molecule has 1 aromatic rings. The van der Waals surface area contributed by atoms with Crippen LogP contribution in [0.5, 0.6) is 0 Å². The second-order valence-corrected chi connectivity index (χ2v) is 3.62. The third kappa shape index (κ3) is 1.98. The van der Waals surface area contributed by atoms with Gasteiger partial charge in [-0.05, 0) is 14.0 Å². The molecular weight excluding hydrogens is 178 g/mol. The average Bonchev–Trinajstić information content (AvgIpc) is 2.19. The van der Waals surface area contributed by atoms with Crippen LogP contribution in [0, 0.1) is 6.92 Å². The van der Waals surface area contributed by atoms with E-state index in [1.807, 2.05) is 6.92 Å². The molecule has 1 aliphatic heterocycles. The molecule has 0 amide bonds. The average molecular weight is 193 g/mol. The van der Waals surface area contributed by atoms with E-state index in [9.17, 15) is 0 Å². The maximum Gasteiger partial charge on any atom is 0.228 e. The summed E-state index contributed by atoms with van der Waals surface area (Å²) in [6.45, 7) is 6.04. The zero-order valence-electron chi connectivity index (χ0n) is 8.64. The van der Waals surface area contributed by atoms with Gasteiger partial charge < -0.3 is 9.80 Å². The SMILES string of the molecule is Cc1ncnc(N2CCN(C)CC2)n1. The zero-order valence-corrected chi connectivity index (χ0v) is 8.64. The van der Waals surface area contributed by atoms with E-state index in [0.29, 0.717) is 0 Å². The van der Waals surface area contributed by atoms with Crippen LogP contribution in [0.1, 0.15) is 5.82 Å². The maximum atomic E-state index is 4.31. The summed E-state index contributed by atoms with van der Waals surface area (Å²) in [6.07, 6.45) is 1.58. The fourth-order valence-corrected chi connectivity index (χ4v) is 1.53. The molecule has 76 valence electrons. The largest absolute Gasteiger partial charge is 0.338 e. The van der Waals surface area contributed by atoms with Gasteiger partial charge in [-0.3, -0.25) is 0 Å². The maximum absolute atomic E-state index is 4.31. The van der Waals surface area contributed by atoms with Gasteiger partial charge in [-0.2, -0.15) is 4.98 Å². The van der Waals surface area contributed by atoms with E-state index in [1.54, 1.807) is 6.33 Å². The number of aromatic nitrogens is 3. The standard InChI is InChI=1S/C9H15N5/c1-8-10-7-11-9(12-8)14-5-3-13(2)4-6-14/h7H,3-6H2,1-2H3. The number of aryl methyl sites for hydroxylation is 1. The molecule has 5 heteroatoms. The van der Waals surface area contributed by atoms with Crippen LogP contribution in [-0.2, 0) is 0 Å². The normalized spacial score (nSPS) is 18.6. The predicted octanol–water partition coefficient (Wildman–Crippen LogP) is -0.0682. The molecule has 0 aliphatic carbocycles. The molecule has 1 fully saturated rings. The Morgan fingerprint density at radius 1 is 1.14 bits per heavy atom. The van der Waals surface area contributed by atoms with Crippen LogP contribution in [0.3, 0.4) is 0 Å². The number of likely N-dealkylation sites (N-methyl/N-ethyl adjacent to an activating group) is 1. The highest BCUT2D eigenvalue weighted by atomic mass is 15.3. The van der Waals surface area contributed by atoms with Crippen molar-refractivity contribution in [3.8, 4) is 0 Å². The Kier molecular flexibility index (Phi) is 2.58. The van der Waals surface area contributed by atoms with Crippen molar-refractivity contribution in [1.29, 1.82) is 0 Å². The van der Waals surface area contributed by atoms with Crippen molar-refractivity contribution in [2.75, 3.05) is 38.1 Å². The molecule has 0 spiro atoms. The fraction of sp³-hybridized carbons (Fsp3) is 0.667. The van der Waals surface area contributed by atoms with Crippen LogP contribution in [0.2, 0.25) is 0 Å². The van der Waals surface area contributed by atoms with E-state index < -0.39 is 0 Å². The molecule has 1 aliphatic rings. The van der Waals surface area contributed by atoms with E-state index in [0.717, 1.165) is 38.0 Å². The van der Waals surface area contributed by atoms with E-state index in [4.69, 9.17) is 0 Å². The second kappa shape index (κ2) is 3.88. The molecule has 0 bridgehead atoms. The van der Waals surface area contributed by atoms with Gasteiger partial charge in [0, 0.05) is 26.2 Å². The monoisotopic (exact) mass is 193 g/mol. The Morgan fingerprint density at radius 2 is 1.86 bits per heavy atom. The molecule has 1 aromatic heterocycles. The lowest BCUT2D eigenvalue weighted by atomic mass is 10.3. The number of hydrogen-bond acceptors (Lipinski definition) is 5. The minimum Gasteiger partial charge on any atom is -0.338 e. The van der Waals surface area contributed by atoms with Crippen molar-refractivity contribution in [1.82, 2.24) is 19.9 Å². The van der Waals surface area contributed by atoms with Gasteiger partial charge in [0.25, 0.3) is 0 Å². The van der Waals surface area contributed by atoms with Crippen LogP contribution in [0.15, 0.2) is 6.33 Å². The molecule has 2 rings (SSSR count). The number of nitrogens with zero attached hydrogens (tertiary/aromatic N) is 5. The molecule has 14 heavy (non-hydrogen) atoms. The highest BCUT2D eigenvalue weighted by Crippen LogP contribution is 2.08. The van der Waals surface area contributed by atoms with E-state index in [-0.39, 0.29) is 0 Å². The van der Waals surface area contributed by atoms with Crippen LogP contribution in [0.25, 0.3) is 0 Å². The quantitative estimate of drug-likeness (QED) is 0.625. The van der Waals surface area contributed by atoms with Gasteiger partial charge in [0.15, 0.2) is 0 Å². The smallest absolute Gasteiger partial charge is 0.228 e. The highest BCUT2D eigenvalue weighted by molar-refractivity contribution is 5.29. The molecule has 5 nitrogen and oxygen atoms in total. The number of anilines is 1. The lowest BCUT2D eigenvalue weighted by Crippen LogP contribution is -2.45. The minimum atomic E-state index is 0.786. The van der Waals surface area contributed by atoms with Crippen LogP contribution >= 0.6 is 0 Å². The van der Waals surface area contributed by atoms with E-state index in [2.05, 4.69) is 31.8 Å². The summed E-state index contributed by atoms with van der Waals surface area (Å²) in [5, 5.41) is 0. The van der Waals surface area contributed by atoms with Gasteiger partial charge >= 0.3 is 0 Å². The first-order valence-corrected chi connectivity index (χ1v) is 4.85. The summed E-state index contributed by atoms with van der Waals surface area (Å²) < 4.78 is 0. The number of hydrogen-bond donors (Lipinski definition) is 0. The van der Waals surface area contributed by atoms with Gasteiger partial charge in [0.05, 0.1) is 0 Å². The number of piperazine rings is 1. The Bertz CT molecular complexity index is 306. The molecule has 1 saturated heterocycles. The Hall–Kier alpha value is -1.23. The Morgan fingerprint density at radius 3 is 2.50 bits per heavy atom. The first-order valence-electron chi connectivity index (χ1n) is 4.85. The van der Waals surface area contributed by atoms with E-state index in [1.165, 1.54) is 0 Å². The molecule has 0 radical (unpaired) electrons. The second-order valence-electron chi connectivity index (χ2n) is 3.62. The molecule has 0 unspecified atom stereocenters. The first kappa shape index (κ1) is 9.33. The van der Waals surface area contributed by atoms with Crippen LogP contribution in [0.4, 0.5) is 5.95 Å². The van der Waals surface area contributed by atoms with Crippen molar-refractivity contribution in [3.63, 3.8) is 0 Å². The van der Waals surface area contributed by atoms with Gasteiger partial charge in [-0.15, -0.1) is 0 Å². The van der Waals surface area contributed by atoms with Crippen LogP contribution < -0.4 is 4.90 Å². The van der Waals surface area contributed by atoms with Crippen molar-refractivity contribution < 1.29 is 0 Å². The van der Waals surface area contributed by atoms with Crippen molar-refractivity contribution in [2.45, 2.75) is 6.92 Å². The molecular formula is C9H15N5. The summed E-state index contributed by atoms with van der Waals surface area (Å²) in [5.74, 6) is 1.60. The number of rotatable bonds is 1. The van der Waals surface area contributed by atoms with Gasteiger partial charge in [-0.25, -0.2) is 9.97 Å². The lowest BCUT2D eigenvalue weighted by molar-refractivity contribution is 0.311. The van der Waals surface area contributed by atoms with Gasteiger partial charge in [0.1, 0.15) is 12.2 Å². The molecule has 0 saturated carbocycles. The molecule has 0 N–H and O–H groups in total. The predicted molar refractivity (Wildman–Crippen MR) is 54.3 cm³/mol. The zero-order chi connectivity index (χ0) is 9.97. The summed E-state index contributed by atoms with van der Waals surface area (Å²) >= 11 is 0. The van der Waals surface area contributed by atoms with Crippen molar-refractivity contribution >= 4 is 5.95 Å². The van der Waals surface area contributed by atoms with Crippen molar-refractivity contribution in [2.24, 2.45) is 0 Å². The third-order valence-electron chi connectivity index (χ3n) is 2.47. The summed E-state index contributed by atoms with van der Waals surface area (Å²) in [4.78, 5) is 17.0. The van der Waals surface area contributed by atoms with Gasteiger partial charge in [0.2, 0.25) is 5.95 Å². The summed E-state index contributed by atoms with van der Waals surface area (Å²) in [7, 11) is 2.13. The molecule has 0 aromatic carbocycles. The topological polar surface area (TPSA) is 45.2 Å². The lowest BCUT2D eigenvalue weighted by Gasteiger charge is -2.32. The van der Waals surface area contributed by atoms with Gasteiger partial charge in [-0.1, -0.05) is 0 Å². The minimum absolute atomic E-state index is 0.786. The third-order valence-corrected chi connectivity index (χ3v) is 2.47. The summed E-state index contributed by atoms with van der Waals surface area (Å²) in [6, 6.07) is 0. The Labute approximate surface area is 83.8 Å². The summed E-state index contributed by atoms with van der Waals surface area (Å²) in [5.41, 5.74) is 0. The molecule has 0 atom stereocenters. The Balaban J connectivity index is 2.08. The van der Waals surface area contributed by atoms with E-state index >= 15 is 0 Å².